The van der Waals surface area contributed by atoms with Crippen LogP contribution < -0.4 is 21.5 Å². The number of ether oxygens (including phenoxy) is 2. The zero-order chi connectivity index (χ0) is 27.2. The lowest BCUT2D eigenvalue weighted by atomic mass is 10.1. The summed E-state index contributed by atoms with van der Waals surface area (Å²) >= 11 is 1.13. The molecule has 3 aromatic rings. The first-order valence-electron chi connectivity index (χ1n) is 11.4. The molecular formula is C26H29FN4O5S. The lowest BCUT2D eigenvalue weighted by Crippen LogP contribution is -2.38. The number of carbonyl (C=O) groups is 3. The van der Waals surface area contributed by atoms with Crippen molar-refractivity contribution in [1.82, 2.24) is 4.90 Å². The van der Waals surface area contributed by atoms with E-state index in [0.29, 0.717) is 16.2 Å². The van der Waals surface area contributed by atoms with Gasteiger partial charge in [0.1, 0.15) is 28.8 Å². The summed E-state index contributed by atoms with van der Waals surface area (Å²) in [5, 5.41) is 2.65. The Morgan fingerprint density at radius 1 is 1.05 bits per heavy atom. The molecule has 0 radical (unpaired) electrons. The lowest BCUT2D eigenvalue weighted by molar-refractivity contribution is 0.0209. The molecule has 1 heterocycles. The number of carbonyl (C=O) groups excluding carboxylic acids is 3. The number of primary amides is 2. The van der Waals surface area contributed by atoms with Crippen molar-refractivity contribution in [2.24, 2.45) is 11.5 Å². The summed E-state index contributed by atoms with van der Waals surface area (Å²) in [6, 6.07) is 13.7. The van der Waals surface area contributed by atoms with Crippen LogP contribution in [-0.2, 0) is 11.3 Å². The van der Waals surface area contributed by atoms with Crippen LogP contribution in [0.15, 0.2) is 54.6 Å². The minimum Gasteiger partial charge on any atom is -0.491 e. The Hall–Kier alpha value is -4.12. The monoisotopic (exact) mass is 528 g/mol. The molecule has 0 aliphatic carbocycles. The van der Waals surface area contributed by atoms with Crippen molar-refractivity contribution >= 4 is 34.4 Å². The number of nitrogens with one attached hydrogen (secondary N) is 1. The van der Waals surface area contributed by atoms with Crippen molar-refractivity contribution in [3.8, 4) is 16.2 Å². The standard InChI is InChI=1S/C26H29FN4O5S/c1-26(2,3)36-25(34)31(15-16-8-10-17(27)11-9-16)12-13-35-20-7-5-4-6-18(20)21-14-19(22(28)32)23(37-21)30-24(29)33/h4-11,14H,12-13,15H2,1-3H3,(H2,28,32)(H3,29,30,33). The summed E-state index contributed by atoms with van der Waals surface area (Å²) < 4.78 is 24.9. The molecule has 0 atom stereocenters. The van der Waals surface area contributed by atoms with Gasteiger partial charge in [-0.1, -0.05) is 24.3 Å². The van der Waals surface area contributed by atoms with Crippen LogP contribution in [0.3, 0.4) is 0 Å². The number of hydrogen-bond acceptors (Lipinski definition) is 6. The van der Waals surface area contributed by atoms with Gasteiger partial charge in [0.15, 0.2) is 0 Å². The highest BCUT2D eigenvalue weighted by Gasteiger charge is 2.23. The largest absolute Gasteiger partial charge is 0.491 e. The second-order valence-corrected chi connectivity index (χ2v) is 10.1. The molecule has 9 nitrogen and oxygen atoms in total. The van der Waals surface area contributed by atoms with Crippen LogP contribution in [0, 0.1) is 5.82 Å². The van der Waals surface area contributed by atoms with Gasteiger partial charge in [0.05, 0.1) is 12.1 Å². The highest BCUT2D eigenvalue weighted by molar-refractivity contribution is 7.20. The highest BCUT2D eigenvalue weighted by atomic mass is 32.1. The summed E-state index contributed by atoms with van der Waals surface area (Å²) in [4.78, 5) is 38.1. The van der Waals surface area contributed by atoms with E-state index in [-0.39, 0.29) is 36.1 Å². The molecule has 5 N–H and O–H groups in total. The molecule has 0 bridgehead atoms. The van der Waals surface area contributed by atoms with E-state index in [4.69, 9.17) is 20.9 Å². The van der Waals surface area contributed by atoms with E-state index < -0.39 is 23.6 Å². The number of thiophene rings is 1. The molecule has 0 saturated carbocycles. The topological polar surface area (TPSA) is 137 Å². The van der Waals surface area contributed by atoms with Gasteiger partial charge < -0.3 is 25.8 Å². The molecule has 0 aliphatic heterocycles. The quantitative estimate of drug-likeness (QED) is 0.361. The van der Waals surface area contributed by atoms with Crippen molar-refractivity contribution in [1.29, 1.82) is 0 Å². The number of hydrogen-bond donors (Lipinski definition) is 3. The maximum Gasteiger partial charge on any atom is 0.410 e. The third-order valence-corrected chi connectivity index (χ3v) is 6.03. The van der Waals surface area contributed by atoms with Crippen molar-refractivity contribution in [3.05, 3.63) is 71.5 Å². The normalized spacial score (nSPS) is 11.0. The van der Waals surface area contributed by atoms with E-state index in [9.17, 15) is 18.8 Å². The second kappa shape index (κ2) is 11.7. The van der Waals surface area contributed by atoms with E-state index >= 15 is 0 Å². The number of rotatable bonds is 9. The zero-order valence-corrected chi connectivity index (χ0v) is 21.6. The Labute approximate surface area is 218 Å². The van der Waals surface area contributed by atoms with E-state index in [1.54, 1.807) is 63.2 Å². The Kier molecular flexibility index (Phi) is 8.72. The molecule has 0 saturated heterocycles. The molecule has 3 rings (SSSR count). The third kappa shape index (κ3) is 7.94. The van der Waals surface area contributed by atoms with Gasteiger partial charge in [-0.15, -0.1) is 11.3 Å². The SMILES string of the molecule is CC(C)(C)OC(=O)N(CCOc1ccccc1-c1cc(C(N)=O)c(NC(N)=O)s1)Cc1ccc(F)cc1. The number of urea groups is 1. The summed E-state index contributed by atoms with van der Waals surface area (Å²) in [5.74, 6) is -0.579. The van der Waals surface area contributed by atoms with Crippen LogP contribution >= 0.6 is 11.3 Å². The van der Waals surface area contributed by atoms with Gasteiger partial charge in [0, 0.05) is 17.0 Å². The molecule has 4 amide bonds. The van der Waals surface area contributed by atoms with E-state index in [1.165, 1.54) is 17.0 Å². The zero-order valence-electron chi connectivity index (χ0n) is 20.7. The number of halogens is 1. The van der Waals surface area contributed by atoms with E-state index in [1.807, 2.05) is 0 Å². The van der Waals surface area contributed by atoms with Gasteiger partial charge in [0.25, 0.3) is 5.91 Å². The summed E-state index contributed by atoms with van der Waals surface area (Å²) in [6.45, 7) is 5.84. The Balaban J connectivity index is 1.78. The second-order valence-electron chi connectivity index (χ2n) is 9.08. The first-order valence-corrected chi connectivity index (χ1v) is 12.2. The average Bonchev–Trinajstić information content (AvgIpc) is 3.22. The summed E-state index contributed by atoms with van der Waals surface area (Å²) in [5.41, 5.74) is 11.5. The van der Waals surface area contributed by atoms with Crippen LogP contribution in [0.2, 0.25) is 0 Å². The minimum atomic E-state index is -0.816. The molecule has 0 aliphatic rings. The van der Waals surface area contributed by atoms with E-state index in [2.05, 4.69) is 5.32 Å². The Morgan fingerprint density at radius 3 is 2.35 bits per heavy atom. The third-order valence-electron chi connectivity index (χ3n) is 4.94. The van der Waals surface area contributed by atoms with Gasteiger partial charge in [-0.2, -0.15) is 0 Å². The number of nitrogens with two attached hydrogens (primary N) is 2. The maximum atomic E-state index is 13.3. The smallest absolute Gasteiger partial charge is 0.410 e. The highest BCUT2D eigenvalue weighted by Crippen LogP contribution is 2.39. The molecule has 196 valence electrons. The van der Waals surface area contributed by atoms with Gasteiger partial charge in [0.2, 0.25) is 0 Å². The van der Waals surface area contributed by atoms with E-state index in [0.717, 1.165) is 16.9 Å². The number of amides is 4. The molecule has 0 unspecified atom stereocenters. The van der Waals surface area contributed by atoms with Crippen LogP contribution in [0.4, 0.5) is 19.0 Å². The number of para-hydroxylation sites is 1. The first-order chi connectivity index (χ1) is 17.4. The number of anilines is 1. The lowest BCUT2D eigenvalue weighted by Gasteiger charge is -2.27. The molecule has 1 aromatic heterocycles. The van der Waals surface area contributed by atoms with Gasteiger partial charge in [-0.05, 0) is 56.7 Å². The predicted molar refractivity (Wildman–Crippen MR) is 140 cm³/mol. The van der Waals surface area contributed by atoms with Crippen molar-refractivity contribution in [2.75, 3.05) is 18.5 Å². The molecule has 37 heavy (non-hydrogen) atoms. The van der Waals surface area contributed by atoms with Gasteiger partial charge >= 0.3 is 12.1 Å². The van der Waals surface area contributed by atoms with Crippen LogP contribution in [-0.4, -0.2) is 41.7 Å². The van der Waals surface area contributed by atoms with Crippen molar-refractivity contribution in [3.63, 3.8) is 0 Å². The fraction of sp³-hybridized carbons (Fsp3) is 0.269. The molecule has 2 aromatic carbocycles. The molecular weight excluding hydrogens is 499 g/mol. The Bertz CT molecular complexity index is 1270. The molecule has 0 fully saturated rings. The molecule has 11 heteroatoms. The van der Waals surface area contributed by atoms with Crippen LogP contribution in [0.25, 0.3) is 10.4 Å². The van der Waals surface area contributed by atoms with Gasteiger partial charge in [-0.3, -0.25) is 10.1 Å². The summed E-state index contributed by atoms with van der Waals surface area (Å²) in [6.07, 6.45) is -0.528. The van der Waals surface area contributed by atoms with Crippen molar-refractivity contribution in [2.45, 2.75) is 32.9 Å². The number of benzene rings is 2. The fourth-order valence-electron chi connectivity index (χ4n) is 3.34. The average molecular weight is 529 g/mol. The number of nitrogens with zero attached hydrogens (tertiary/aromatic N) is 1. The predicted octanol–water partition coefficient (Wildman–Crippen LogP) is 4.96. The van der Waals surface area contributed by atoms with Gasteiger partial charge in [-0.25, -0.2) is 14.0 Å². The van der Waals surface area contributed by atoms with Crippen molar-refractivity contribution < 1.29 is 28.2 Å². The van der Waals surface area contributed by atoms with Crippen LogP contribution in [0.1, 0.15) is 36.7 Å². The van der Waals surface area contributed by atoms with Crippen LogP contribution in [0.5, 0.6) is 5.75 Å². The Morgan fingerprint density at radius 2 is 1.73 bits per heavy atom. The minimum absolute atomic E-state index is 0.123. The summed E-state index contributed by atoms with van der Waals surface area (Å²) in [7, 11) is 0. The molecule has 0 spiro atoms. The maximum absolute atomic E-state index is 13.3. The first kappa shape index (κ1) is 27.5. The fourth-order valence-corrected chi connectivity index (χ4v) is 4.44.